The molecule has 100 heavy (non-hydrogen) atoms. The standard InChI is InChI=1S/C54H92O46/c55-1-10-19(63)28(72)30(74)48(87-10)95-40-22(66)13(4-58)86-47(33(40)77)84-9-18-27(71)45(100-53-34(78)41(23(67)14(5-59)92-53)96-49-31(75)29(73)20(64)11(2-56)88-49)38(82)54(93-18)99-44-26(70)17(8-62)91-52(37(44)81)98-43-25(69)16(7-61)90-51(36(43)80)97-42-24(68)15(6-60)89-50(35(42)79)94-39-21(65)12(3-57)85-46(83)32(39)76/h10-83H,1-9H2/t10-,11-,12-,13-,14-,15-,16-,17-,18-,19+,20+,21+,22+,23+,24+,25+,26+,27+,28+,29+,30-,31-,32-,33-,34-,35-,36-,37-,38-,39+,40+,41+,42+,43+,44+,45+,46-,47-,48+,49+,50+,51+,52+,53+,54+/m1/s1. The van der Waals surface area contributed by atoms with E-state index in [0.29, 0.717) is 0 Å². The van der Waals surface area contributed by atoms with Gasteiger partial charge in [-0.1, -0.05) is 0 Å². The lowest BCUT2D eigenvalue weighted by molar-refractivity contribution is -0.402. The summed E-state index contributed by atoms with van der Waals surface area (Å²) in [6, 6.07) is 0. The second-order valence-corrected chi connectivity index (χ2v) is 25.2. The monoisotopic (exact) mass is 1480 g/mol. The topological polar surface area (TPSA) is 744 Å². The first kappa shape index (κ1) is 82.2. The molecule has 0 bridgehead atoms. The molecule has 0 aromatic rings. The van der Waals surface area contributed by atoms with Gasteiger partial charge in [0, 0.05) is 0 Å². The minimum Gasteiger partial charge on any atom is -0.394 e. The maximum absolute atomic E-state index is 12.2. The van der Waals surface area contributed by atoms with Crippen molar-refractivity contribution in [3.63, 3.8) is 0 Å². The van der Waals surface area contributed by atoms with Crippen LogP contribution < -0.4 is 0 Å². The fourth-order valence-corrected chi connectivity index (χ4v) is 12.8. The van der Waals surface area contributed by atoms with Crippen molar-refractivity contribution in [1.82, 2.24) is 0 Å². The van der Waals surface area contributed by atoms with Crippen LogP contribution >= 0.6 is 0 Å². The summed E-state index contributed by atoms with van der Waals surface area (Å²) in [5, 5.41) is 316. The molecular formula is C54H92O46. The van der Waals surface area contributed by atoms with Crippen molar-refractivity contribution >= 4 is 0 Å². The molecule has 9 aliphatic heterocycles. The highest BCUT2D eigenvalue weighted by atomic mass is 16.8. The molecule has 0 saturated carbocycles. The molecule has 45 atom stereocenters. The first-order chi connectivity index (χ1) is 47.4. The van der Waals surface area contributed by atoms with Crippen LogP contribution in [0.15, 0.2) is 0 Å². The molecule has 0 aromatic carbocycles. The van der Waals surface area contributed by atoms with E-state index in [1.807, 2.05) is 0 Å². The number of rotatable bonds is 25. The Kier molecular flexibility index (Phi) is 29.2. The van der Waals surface area contributed by atoms with Crippen LogP contribution in [0.1, 0.15) is 0 Å². The smallest absolute Gasteiger partial charge is 0.187 e. The molecule has 46 nitrogen and oxygen atoms in total. The van der Waals surface area contributed by atoms with Crippen molar-refractivity contribution in [2.75, 3.05) is 59.5 Å². The molecular weight excluding hydrogens is 1380 g/mol. The van der Waals surface area contributed by atoms with E-state index in [-0.39, 0.29) is 0 Å². The van der Waals surface area contributed by atoms with Crippen molar-refractivity contribution < 1.29 is 229 Å². The van der Waals surface area contributed by atoms with E-state index in [4.69, 9.17) is 80.5 Å². The molecule has 9 fully saturated rings. The highest BCUT2D eigenvalue weighted by Crippen LogP contribution is 2.39. The lowest BCUT2D eigenvalue weighted by Gasteiger charge is -2.50. The van der Waals surface area contributed by atoms with Gasteiger partial charge in [0.1, 0.15) is 220 Å². The molecule has 0 radical (unpaired) electrons. The predicted octanol–water partition coefficient (Wildman–Crippen LogP) is -20.6. The SMILES string of the molecule is OC[C@H]1O[C@@H](O[C@H]2[C@@H](O)[C@@H](CO)O[C@@H](OC[C@H]3O[C@@H](O[C@H]4[C@@H](O)[C@@H](CO)O[C@@H](O[C@H]5[C@@H](O)[C@@H](CO)O[C@@H](O[C@H]6[C@@H](O)[C@@H](CO)O[C@@H](O[C@@H]7[C@@H](O)[C@H](O)O[C@H](CO)[C@@H]7O)[C@@H]6O)[C@@H]5O)[C@@H]4O)[C@H](O)[C@@H](O[C@@H]4O[C@H](CO)[C@H](O)[C@H](O[C@@H]5O[C@H](CO)[C@H](O)[C@H](O)[C@H]5O)[C@H]4O)[C@H]3O)[C@@H]2O)[C@H](O)[C@@H](O)[C@H]1O. The highest BCUT2D eigenvalue weighted by molar-refractivity contribution is 5.02. The Morgan fingerprint density at radius 1 is 0.170 bits per heavy atom. The number of aliphatic hydroxyl groups is 29. The Morgan fingerprint density at radius 2 is 0.350 bits per heavy atom. The van der Waals surface area contributed by atoms with Gasteiger partial charge in [-0.3, -0.25) is 0 Å². The van der Waals surface area contributed by atoms with Gasteiger partial charge in [0.15, 0.2) is 56.6 Å². The second kappa shape index (κ2) is 35.5. The highest BCUT2D eigenvalue weighted by Gasteiger charge is 2.60. The number of aliphatic hydroxyl groups excluding tert-OH is 29. The van der Waals surface area contributed by atoms with Gasteiger partial charge in [-0.15, -0.1) is 0 Å². The lowest BCUT2D eigenvalue weighted by atomic mass is 9.95. The molecule has 0 amide bonds. The van der Waals surface area contributed by atoms with Gasteiger partial charge in [-0.05, 0) is 0 Å². The van der Waals surface area contributed by atoms with E-state index in [0.717, 1.165) is 0 Å². The molecule has 0 aromatic heterocycles. The first-order valence-corrected chi connectivity index (χ1v) is 31.7. The Bertz CT molecular complexity index is 2460. The maximum Gasteiger partial charge on any atom is 0.187 e. The summed E-state index contributed by atoms with van der Waals surface area (Å²) in [5.74, 6) is 0. The predicted molar refractivity (Wildman–Crippen MR) is 297 cm³/mol. The average Bonchev–Trinajstić information content (AvgIpc) is 0.775. The van der Waals surface area contributed by atoms with Gasteiger partial charge in [-0.2, -0.15) is 0 Å². The number of hydrogen-bond acceptors (Lipinski definition) is 46. The average molecular weight is 1480 g/mol. The van der Waals surface area contributed by atoms with Crippen LogP contribution in [0.5, 0.6) is 0 Å². The van der Waals surface area contributed by atoms with E-state index >= 15 is 0 Å². The summed E-state index contributed by atoms with van der Waals surface area (Å²) < 4.78 is 95.7. The third-order valence-corrected chi connectivity index (χ3v) is 18.8. The Balaban J connectivity index is 0.971. The minimum atomic E-state index is -2.54. The molecule has 9 saturated heterocycles. The third kappa shape index (κ3) is 16.9. The van der Waals surface area contributed by atoms with Crippen LogP contribution in [0, 0.1) is 0 Å². The van der Waals surface area contributed by atoms with Crippen LogP contribution in [0.4, 0.5) is 0 Å². The summed E-state index contributed by atoms with van der Waals surface area (Å²) in [5.41, 5.74) is 0. The van der Waals surface area contributed by atoms with Crippen LogP contribution in [-0.4, -0.2) is 484 Å². The van der Waals surface area contributed by atoms with Crippen molar-refractivity contribution in [3.05, 3.63) is 0 Å². The fraction of sp³-hybridized carbons (Fsp3) is 1.00. The summed E-state index contributed by atoms with van der Waals surface area (Å²) >= 11 is 0. The number of hydrogen-bond donors (Lipinski definition) is 29. The second-order valence-electron chi connectivity index (χ2n) is 25.2. The lowest BCUT2D eigenvalue weighted by Crippen LogP contribution is -2.69. The molecule has 0 spiro atoms. The molecule has 0 aliphatic carbocycles. The molecule has 9 heterocycles. The van der Waals surface area contributed by atoms with Gasteiger partial charge in [0.2, 0.25) is 0 Å². The van der Waals surface area contributed by atoms with Crippen LogP contribution in [0.2, 0.25) is 0 Å². The molecule has 9 rings (SSSR count). The Morgan fingerprint density at radius 3 is 0.600 bits per heavy atom. The zero-order valence-electron chi connectivity index (χ0n) is 52.3. The summed E-state index contributed by atoms with van der Waals surface area (Å²) in [7, 11) is 0. The Hall–Kier alpha value is -1.84. The zero-order valence-corrected chi connectivity index (χ0v) is 52.3. The molecule has 584 valence electrons. The molecule has 9 aliphatic rings. The van der Waals surface area contributed by atoms with Gasteiger partial charge < -0.3 is 229 Å². The van der Waals surface area contributed by atoms with E-state index < -0.39 is 336 Å². The van der Waals surface area contributed by atoms with E-state index in [1.165, 1.54) is 0 Å². The van der Waals surface area contributed by atoms with Gasteiger partial charge in [-0.25, -0.2) is 0 Å². The van der Waals surface area contributed by atoms with Crippen LogP contribution in [0.3, 0.4) is 0 Å². The van der Waals surface area contributed by atoms with E-state index in [1.54, 1.807) is 0 Å². The van der Waals surface area contributed by atoms with Gasteiger partial charge >= 0.3 is 0 Å². The Labute approximate surface area is 563 Å². The third-order valence-electron chi connectivity index (χ3n) is 18.8. The van der Waals surface area contributed by atoms with E-state index in [2.05, 4.69) is 0 Å². The maximum atomic E-state index is 12.2. The van der Waals surface area contributed by atoms with Crippen molar-refractivity contribution in [2.45, 2.75) is 276 Å². The van der Waals surface area contributed by atoms with Gasteiger partial charge in [0.05, 0.1) is 59.5 Å². The van der Waals surface area contributed by atoms with Crippen molar-refractivity contribution in [1.29, 1.82) is 0 Å². The zero-order chi connectivity index (χ0) is 73.4. The summed E-state index contributed by atoms with van der Waals surface area (Å²) in [4.78, 5) is 0. The summed E-state index contributed by atoms with van der Waals surface area (Å²) in [6.45, 7) is -9.61. The van der Waals surface area contributed by atoms with Crippen molar-refractivity contribution in [2.24, 2.45) is 0 Å². The normalized spacial score (nSPS) is 53.7. The first-order valence-electron chi connectivity index (χ1n) is 31.7. The van der Waals surface area contributed by atoms with Crippen molar-refractivity contribution in [3.8, 4) is 0 Å². The fourth-order valence-electron chi connectivity index (χ4n) is 12.8. The largest absolute Gasteiger partial charge is 0.394 e. The van der Waals surface area contributed by atoms with Gasteiger partial charge in [0.25, 0.3) is 0 Å². The van der Waals surface area contributed by atoms with Crippen LogP contribution in [0.25, 0.3) is 0 Å². The minimum absolute atomic E-state index is 0.921. The number of ether oxygens (including phenoxy) is 17. The molecule has 29 N–H and O–H groups in total. The molecule has 46 heteroatoms. The van der Waals surface area contributed by atoms with E-state index in [9.17, 15) is 148 Å². The van der Waals surface area contributed by atoms with Crippen LogP contribution in [-0.2, 0) is 80.5 Å². The molecule has 0 unspecified atom stereocenters. The summed E-state index contributed by atoms with van der Waals surface area (Å²) in [6.07, 6.45) is -94.7. The quantitative estimate of drug-likeness (QED) is 0.0404.